The Morgan fingerprint density at radius 2 is 1.92 bits per heavy atom. The monoisotopic (exact) mass is 189 g/mol. The van der Waals surface area contributed by atoms with Gasteiger partial charge in [0.25, 0.3) is 0 Å². The Morgan fingerprint density at radius 1 is 1.23 bits per heavy atom. The third kappa shape index (κ3) is 6.99. The third-order valence-corrected chi connectivity index (χ3v) is 2.31. The van der Waals surface area contributed by atoms with Crippen LogP contribution in [0.1, 0.15) is 26.7 Å². The molecule has 0 heterocycles. The highest BCUT2D eigenvalue weighted by Crippen LogP contribution is 2.09. The number of hydrogen-bond donors (Lipinski definition) is 1. The molecule has 0 aromatic carbocycles. The molecular weight excluding hydrogens is 166 g/mol. The zero-order chi connectivity index (χ0) is 10.1. The second-order valence-electron chi connectivity index (χ2n) is 3.41. The predicted molar refractivity (Wildman–Crippen MR) is 54.7 cm³/mol. The second kappa shape index (κ2) is 8.48. The Labute approximate surface area is 81.6 Å². The van der Waals surface area contributed by atoms with Gasteiger partial charge in [-0.2, -0.15) is 0 Å². The molecular formula is C10H23NO2. The van der Waals surface area contributed by atoms with Crippen molar-refractivity contribution in [2.75, 3.05) is 26.9 Å². The number of rotatable bonds is 8. The van der Waals surface area contributed by atoms with E-state index >= 15 is 0 Å². The zero-order valence-corrected chi connectivity index (χ0v) is 9.08. The Hall–Kier alpha value is -0.120. The Kier molecular flexibility index (Phi) is 8.40. The van der Waals surface area contributed by atoms with Crippen LogP contribution < -0.4 is 5.73 Å². The maximum absolute atomic E-state index is 5.96. The maximum atomic E-state index is 5.96. The van der Waals surface area contributed by atoms with Gasteiger partial charge in [-0.15, -0.1) is 0 Å². The summed E-state index contributed by atoms with van der Waals surface area (Å²) in [4.78, 5) is 0. The van der Waals surface area contributed by atoms with Crippen LogP contribution in [-0.2, 0) is 9.47 Å². The summed E-state index contributed by atoms with van der Waals surface area (Å²) < 4.78 is 10.2. The molecule has 0 saturated heterocycles. The summed E-state index contributed by atoms with van der Waals surface area (Å²) in [5.74, 6) is 0.514. The SMILES string of the molecule is CCOCCC(N)C(C)CCOC. The van der Waals surface area contributed by atoms with Gasteiger partial charge in [0.2, 0.25) is 0 Å². The Balaban J connectivity index is 3.38. The average Bonchev–Trinajstić information content (AvgIpc) is 2.14. The molecule has 0 saturated carbocycles. The van der Waals surface area contributed by atoms with E-state index in [0.29, 0.717) is 5.92 Å². The minimum Gasteiger partial charge on any atom is -0.385 e. The fourth-order valence-corrected chi connectivity index (χ4v) is 1.17. The van der Waals surface area contributed by atoms with Crippen molar-refractivity contribution < 1.29 is 9.47 Å². The molecule has 0 rings (SSSR count). The van der Waals surface area contributed by atoms with Crippen molar-refractivity contribution in [3.63, 3.8) is 0 Å². The van der Waals surface area contributed by atoms with Crippen molar-refractivity contribution in [1.82, 2.24) is 0 Å². The Bertz CT molecular complexity index is 109. The fraction of sp³-hybridized carbons (Fsp3) is 1.00. The van der Waals surface area contributed by atoms with Gasteiger partial charge in [-0.25, -0.2) is 0 Å². The molecule has 3 heteroatoms. The van der Waals surface area contributed by atoms with Crippen LogP contribution in [-0.4, -0.2) is 33.0 Å². The van der Waals surface area contributed by atoms with Crippen LogP contribution in [0.2, 0.25) is 0 Å². The Morgan fingerprint density at radius 3 is 2.46 bits per heavy atom. The van der Waals surface area contributed by atoms with Crippen molar-refractivity contribution in [2.24, 2.45) is 11.7 Å². The molecule has 13 heavy (non-hydrogen) atoms. The topological polar surface area (TPSA) is 44.5 Å². The summed E-state index contributed by atoms with van der Waals surface area (Å²) in [6.45, 7) is 6.51. The lowest BCUT2D eigenvalue weighted by Crippen LogP contribution is -2.30. The summed E-state index contributed by atoms with van der Waals surface area (Å²) in [5.41, 5.74) is 5.96. The molecule has 80 valence electrons. The maximum Gasteiger partial charge on any atom is 0.0480 e. The van der Waals surface area contributed by atoms with Gasteiger partial charge >= 0.3 is 0 Å². The van der Waals surface area contributed by atoms with Crippen LogP contribution in [0.3, 0.4) is 0 Å². The van der Waals surface area contributed by atoms with Crippen LogP contribution in [0, 0.1) is 5.92 Å². The standard InChI is InChI=1S/C10H23NO2/c1-4-13-8-6-10(11)9(2)5-7-12-3/h9-10H,4-8,11H2,1-3H3. The lowest BCUT2D eigenvalue weighted by atomic mass is 9.97. The molecule has 0 bridgehead atoms. The summed E-state index contributed by atoms with van der Waals surface area (Å²) >= 11 is 0. The smallest absolute Gasteiger partial charge is 0.0480 e. The van der Waals surface area contributed by atoms with Crippen LogP contribution in [0.15, 0.2) is 0 Å². The number of ether oxygens (including phenoxy) is 2. The number of hydrogen-bond acceptors (Lipinski definition) is 3. The van der Waals surface area contributed by atoms with Crippen LogP contribution >= 0.6 is 0 Å². The van der Waals surface area contributed by atoms with Crippen molar-refractivity contribution in [2.45, 2.75) is 32.7 Å². The molecule has 0 amide bonds. The van der Waals surface area contributed by atoms with Crippen LogP contribution in [0.4, 0.5) is 0 Å². The van der Waals surface area contributed by atoms with E-state index in [9.17, 15) is 0 Å². The molecule has 0 aliphatic rings. The normalized spacial score (nSPS) is 15.7. The van der Waals surface area contributed by atoms with Gasteiger partial charge in [-0.3, -0.25) is 0 Å². The first kappa shape index (κ1) is 12.9. The highest BCUT2D eigenvalue weighted by atomic mass is 16.5. The summed E-state index contributed by atoms with van der Waals surface area (Å²) in [6.07, 6.45) is 1.97. The zero-order valence-electron chi connectivity index (χ0n) is 9.08. The van der Waals surface area contributed by atoms with E-state index < -0.39 is 0 Å². The molecule has 0 radical (unpaired) electrons. The van der Waals surface area contributed by atoms with Crippen LogP contribution in [0.5, 0.6) is 0 Å². The predicted octanol–water partition coefficient (Wildman–Crippen LogP) is 1.41. The molecule has 0 aromatic rings. The molecule has 0 aliphatic heterocycles. The molecule has 2 atom stereocenters. The van der Waals surface area contributed by atoms with Crippen molar-refractivity contribution >= 4 is 0 Å². The van der Waals surface area contributed by atoms with Crippen molar-refractivity contribution in [3.05, 3.63) is 0 Å². The van der Waals surface area contributed by atoms with E-state index in [2.05, 4.69) is 6.92 Å². The number of nitrogens with two attached hydrogens (primary N) is 1. The molecule has 2 unspecified atom stereocenters. The number of methoxy groups -OCH3 is 1. The van der Waals surface area contributed by atoms with Gasteiger partial charge in [0.1, 0.15) is 0 Å². The summed E-state index contributed by atoms with van der Waals surface area (Å²) in [6, 6.07) is 0.238. The lowest BCUT2D eigenvalue weighted by Gasteiger charge is -2.19. The van der Waals surface area contributed by atoms with E-state index in [1.807, 2.05) is 6.92 Å². The minimum atomic E-state index is 0.238. The average molecular weight is 189 g/mol. The minimum absolute atomic E-state index is 0.238. The molecule has 0 aliphatic carbocycles. The van der Waals surface area contributed by atoms with Gasteiger partial charge in [-0.1, -0.05) is 6.92 Å². The van der Waals surface area contributed by atoms with Gasteiger partial charge in [0, 0.05) is 33.0 Å². The van der Waals surface area contributed by atoms with E-state index in [-0.39, 0.29) is 6.04 Å². The van der Waals surface area contributed by atoms with E-state index in [4.69, 9.17) is 15.2 Å². The van der Waals surface area contributed by atoms with E-state index in [1.54, 1.807) is 7.11 Å². The molecule has 0 spiro atoms. The van der Waals surface area contributed by atoms with Crippen LogP contribution in [0.25, 0.3) is 0 Å². The van der Waals surface area contributed by atoms with E-state index in [1.165, 1.54) is 0 Å². The molecule has 2 N–H and O–H groups in total. The third-order valence-electron chi connectivity index (χ3n) is 2.31. The first-order valence-corrected chi connectivity index (χ1v) is 5.04. The highest BCUT2D eigenvalue weighted by Gasteiger charge is 2.11. The molecule has 0 fully saturated rings. The summed E-state index contributed by atoms with van der Waals surface area (Å²) in [5, 5.41) is 0. The van der Waals surface area contributed by atoms with E-state index in [0.717, 1.165) is 32.7 Å². The van der Waals surface area contributed by atoms with Gasteiger partial charge in [0.05, 0.1) is 0 Å². The van der Waals surface area contributed by atoms with Gasteiger partial charge in [-0.05, 0) is 25.7 Å². The van der Waals surface area contributed by atoms with Crippen molar-refractivity contribution in [3.8, 4) is 0 Å². The lowest BCUT2D eigenvalue weighted by molar-refractivity contribution is 0.128. The van der Waals surface area contributed by atoms with Crippen molar-refractivity contribution in [1.29, 1.82) is 0 Å². The quantitative estimate of drug-likeness (QED) is 0.587. The molecule has 3 nitrogen and oxygen atoms in total. The van der Waals surface area contributed by atoms with Gasteiger partial charge < -0.3 is 15.2 Å². The largest absolute Gasteiger partial charge is 0.385 e. The molecule has 0 aromatic heterocycles. The second-order valence-corrected chi connectivity index (χ2v) is 3.41. The first-order valence-electron chi connectivity index (χ1n) is 5.04. The highest BCUT2D eigenvalue weighted by molar-refractivity contribution is 4.68. The first-order chi connectivity index (χ1) is 6.22. The fourth-order valence-electron chi connectivity index (χ4n) is 1.17. The summed E-state index contributed by atoms with van der Waals surface area (Å²) in [7, 11) is 1.72. The van der Waals surface area contributed by atoms with Gasteiger partial charge in [0.15, 0.2) is 0 Å².